The molecule has 2 aromatic rings. The normalized spacial score (nSPS) is 10.4. The van der Waals surface area contributed by atoms with Gasteiger partial charge in [-0.2, -0.15) is 0 Å². The lowest BCUT2D eigenvalue weighted by molar-refractivity contribution is 0.476. The van der Waals surface area contributed by atoms with Gasteiger partial charge in [-0.05, 0) is 29.7 Å². The van der Waals surface area contributed by atoms with Crippen LogP contribution in [0.4, 0.5) is 0 Å². The predicted octanol–water partition coefficient (Wildman–Crippen LogP) is 3.20. The van der Waals surface area contributed by atoms with Gasteiger partial charge >= 0.3 is 0 Å². The van der Waals surface area contributed by atoms with Gasteiger partial charge in [0.1, 0.15) is 5.75 Å². The molecule has 2 heteroatoms. The SMILES string of the molecule is Oc1ccc2c(Cl)cccc2c1. The molecule has 0 saturated carbocycles. The van der Waals surface area contributed by atoms with E-state index in [0.29, 0.717) is 5.02 Å². The molecule has 12 heavy (non-hydrogen) atoms. The monoisotopic (exact) mass is 178 g/mol. The summed E-state index contributed by atoms with van der Waals surface area (Å²) < 4.78 is 0. The van der Waals surface area contributed by atoms with E-state index >= 15 is 0 Å². The zero-order valence-electron chi connectivity index (χ0n) is 6.29. The number of fused-ring (bicyclic) bond motifs is 1. The number of phenolic OH excluding ortho intramolecular Hbond substituents is 1. The van der Waals surface area contributed by atoms with Gasteiger partial charge in [0, 0.05) is 10.4 Å². The van der Waals surface area contributed by atoms with Gasteiger partial charge in [0.15, 0.2) is 0 Å². The van der Waals surface area contributed by atoms with Gasteiger partial charge in [-0.3, -0.25) is 0 Å². The Hall–Kier alpha value is -1.21. The molecular weight excluding hydrogens is 172 g/mol. The maximum Gasteiger partial charge on any atom is 0.116 e. The molecule has 1 nitrogen and oxygen atoms in total. The van der Waals surface area contributed by atoms with Crippen molar-refractivity contribution in [2.24, 2.45) is 0 Å². The van der Waals surface area contributed by atoms with Crippen molar-refractivity contribution < 1.29 is 5.11 Å². The molecule has 0 aliphatic rings. The van der Waals surface area contributed by atoms with Crippen molar-refractivity contribution in [1.29, 1.82) is 0 Å². The third-order valence-corrected chi connectivity index (χ3v) is 2.14. The first-order chi connectivity index (χ1) is 5.77. The summed E-state index contributed by atoms with van der Waals surface area (Å²) in [5.41, 5.74) is 0. The van der Waals surface area contributed by atoms with E-state index in [0.717, 1.165) is 10.8 Å². The first kappa shape index (κ1) is 7.44. The zero-order chi connectivity index (χ0) is 8.55. The fourth-order valence-electron chi connectivity index (χ4n) is 1.23. The Morgan fingerprint density at radius 3 is 2.75 bits per heavy atom. The van der Waals surface area contributed by atoms with E-state index in [1.165, 1.54) is 0 Å². The lowest BCUT2D eigenvalue weighted by Gasteiger charge is -1.99. The Kier molecular flexibility index (Phi) is 1.66. The van der Waals surface area contributed by atoms with Crippen molar-refractivity contribution in [2.75, 3.05) is 0 Å². The summed E-state index contributed by atoms with van der Waals surface area (Å²) in [6.45, 7) is 0. The highest BCUT2D eigenvalue weighted by Gasteiger charge is 1.97. The van der Waals surface area contributed by atoms with E-state index in [1.54, 1.807) is 12.1 Å². The second-order valence-corrected chi connectivity index (χ2v) is 3.05. The van der Waals surface area contributed by atoms with Crippen molar-refractivity contribution in [3.05, 3.63) is 41.4 Å². The van der Waals surface area contributed by atoms with Crippen molar-refractivity contribution in [3.8, 4) is 5.75 Å². The largest absolute Gasteiger partial charge is 0.508 e. The third kappa shape index (κ3) is 1.12. The van der Waals surface area contributed by atoms with Crippen LogP contribution in [0.25, 0.3) is 10.8 Å². The maximum absolute atomic E-state index is 9.18. The highest BCUT2D eigenvalue weighted by Crippen LogP contribution is 2.25. The van der Waals surface area contributed by atoms with Gasteiger partial charge in [-0.1, -0.05) is 23.7 Å². The van der Waals surface area contributed by atoms with Crippen LogP contribution in [-0.2, 0) is 0 Å². The van der Waals surface area contributed by atoms with Crippen LogP contribution < -0.4 is 0 Å². The molecular formula is C10H7ClO. The molecule has 0 atom stereocenters. The maximum atomic E-state index is 9.18. The predicted molar refractivity (Wildman–Crippen MR) is 50.6 cm³/mol. The fraction of sp³-hybridized carbons (Fsp3) is 0. The van der Waals surface area contributed by atoms with E-state index in [9.17, 15) is 5.11 Å². The molecule has 60 valence electrons. The van der Waals surface area contributed by atoms with Crippen LogP contribution in [0, 0.1) is 0 Å². The molecule has 0 radical (unpaired) electrons. The number of halogens is 1. The van der Waals surface area contributed by atoms with Crippen LogP contribution in [0.5, 0.6) is 5.75 Å². The summed E-state index contributed by atoms with van der Waals surface area (Å²) in [6, 6.07) is 10.8. The van der Waals surface area contributed by atoms with Crippen molar-refractivity contribution in [1.82, 2.24) is 0 Å². The quantitative estimate of drug-likeness (QED) is 0.657. The van der Waals surface area contributed by atoms with E-state index in [1.807, 2.05) is 24.3 Å². The Balaban J connectivity index is 2.86. The zero-order valence-corrected chi connectivity index (χ0v) is 7.05. The van der Waals surface area contributed by atoms with Gasteiger partial charge in [0.25, 0.3) is 0 Å². The molecule has 0 unspecified atom stereocenters. The van der Waals surface area contributed by atoms with E-state index in [2.05, 4.69) is 0 Å². The Morgan fingerprint density at radius 1 is 1.08 bits per heavy atom. The molecule has 0 aliphatic heterocycles. The Morgan fingerprint density at radius 2 is 1.92 bits per heavy atom. The fourth-order valence-corrected chi connectivity index (χ4v) is 1.48. The summed E-state index contributed by atoms with van der Waals surface area (Å²) in [4.78, 5) is 0. The molecule has 2 rings (SSSR count). The number of aromatic hydroxyl groups is 1. The summed E-state index contributed by atoms with van der Waals surface area (Å²) >= 11 is 5.93. The van der Waals surface area contributed by atoms with Crippen molar-refractivity contribution >= 4 is 22.4 Å². The number of benzene rings is 2. The molecule has 0 bridgehead atoms. The number of phenols is 1. The highest BCUT2D eigenvalue weighted by atomic mass is 35.5. The topological polar surface area (TPSA) is 20.2 Å². The van der Waals surface area contributed by atoms with Crippen LogP contribution in [0.3, 0.4) is 0 Å². The summed E-state index contributed by atoms with van der Waals surface area (Å²) in [5, 5.41) is 11.8. The number of rotatable bonds is 0. The van der Waals surface area contributed by atoms with E-state index in [-0.39, 0.29) is 5.75 Å². The van der Waals surface area contributed by atoms with Gasteiger partial charge < -0.3 is 5.11 Å². The molecule has 0 saturated heterocycles. The molecule has 0 aromatic heterocycles. The van der Waals surface area contributed by atoms with Gasteiger partial charge in [0.2, 0.25) is 0 Å². The minimum absolute atomic E-state index is 0.268. The molecule has 1 N–H and O–H groups in total. The highest BCUT2D eigenvalue weighted by molar-refractivity contribution is 6.35. The Labute approximate surface area is 75.2 Å². The molecule has 0 amide bonds. The van der Waals surface area contributed by atoms with Crippen LogP contribution in [0.2, 0.25) is 5.02 Å². The third-order valence-electron chi connectivity index (χ3n) is 1.81. The molecule has 0 spiro atoms. The van der Waals surface area contributed by atoms with Gasteiger partial charge in [0.05, 0.1) is 0 Å². The second kappa shape index (κ2) is 2.68. The van der Waals surface area contributed by atoms with Crippen LogP contribution >= 0.6 is 11.6 Å². The molecule has 0 fully saturated rings. The van der Waals surface area contributed by atoms with Crippen LogP contribution in [-0.4, -0.2) is 5.11 Å². The van der Waals surface area contributed by atoms with E-state index in [4.69, 9.17) is 11.6 Å². The van der Waals surface area contributed by atoms with Crippen LogP contribution in [0.1, 0.15) is 0 Å². The lowest BCUT2D eigenvalue weighted by Crippen LogP contribution is -1.72. The lowest BCUT2D eigenvalue weighted by atomic mass is 10.1. The van der Waals surface area contributed by atoms with Crippen LogP contribution in [0.15, 0.2) is 36.4 Å². The minimum atomic E-state index is 0.268. The second-order valence-electron chi connectivity index (χ2n) is 2.65. The van der Waals surface area contributed by atoms with Gasteiger partial charge in [-0.15, -0.1) is 0 Å². The van der Waals surface area contributed by atoms with Gasteiger partial charge in [-0.25, -0.2) is 0 Å². The first-order valence-corrected chi connectivity index (χ1v) is 4.02. The molecule has 0 aliphatic carbocycles. The van der Waals surface area contributed by atoms with Crippen molar-refractivity contribution in [2.45, 2.75) is 0 Å². The molecule has 2 aromatic carbocycles. The summed E-state index contributed by atoms with van der Waals surface area (Å²) in [5.74, 6) is 0.268. The summed E-state index contributed by atoms with van der Waals surface area (Å²) in [6.07, 6.45) is 0. The molecule has 0 heterocycles. The minimum Gasteiger partial charge on any atom is -0.508 e. The average Bonchev–Trinajstić information content (AvgIpc) is 2.04. The van der Waals surface area contributed by atoms with Crippen molar-refractivity contribution in [3.63, 3.8) is 0 Å². The van der Waals surface area contributed by atoms with E-state index < -0.39 is 0 Å². The average molecular weight is 179 g/mol. The Bertz CT molecular complexity index is 423. The standard InChI is InChI=1S/C10H7ClO/c11-10-3-1-2-7-6-8(12)4-5-9(7)10/h1-6,12H. The first-order valence-electron chi connectivity index (χ1n) is 3.64. The number of hydrogen-bond acceptors (Lipinski definition) is 1. The smallest absolute Gasteiger partial charge is 0.116 e. The number of hydrogen-bond donors (Lipinski definition) is 1. The summed E-state index contributed by atoms with van der Waals surface area (Å²) in [7, 11) is 0.